The molecule has 1 aliphatic rings. The van der Waals surface area contributed by atoms with Gasteiger partial charge in [-0.1, -0.05) is 0 Å². The largest absolute Gasteiger partial charge is 0.348 e. The normalized spacial score (nSPS) is 17.5. The van der Waals surface area contributed by atoms with Crippen molar-refractivity contribution >= 4 is 11.8 Å². The molecular formula is C16H23N3O2. The fraction of sp³-hybridized carbons (Fsp3) is 0.500. The predicted molar refractivity (Wildman–Crippen MR) is 82.4 cm³/mol. The summed E-state index contributed by atoms with van der Waals surface area (Å²) in [4.78, 5) is 26.0. The Morgan fingerprint density at radius 2 is 1.81 bits per heavy atom. The summed E-state index contributed by atoms with van der Waals surface area (Å²) in [5.74, 6) is -0.0718. The third-order valence-corrected chi connectivity index (χ3v) is 3.84. The third-order valence-electron chi connectivity index (χ3n) is 3.84. The van der Waals surface area contributed by atoms with Crippen molar-refractivity contribution in [1.82, 2.24) is 15.5 Å². The molecule has 1 unspecified atom stereocenters. The monoisotopic (exact) mass is 289 g/mol. The van der Waals surface area contributed by atoms with E-state index >= 15 is 0 Å². The van der Waals surface area contributed by atoms with E-state index in [-0.39, 0.29) is 17.9 Å². The minimum atomic E-state index is -0.0782. The van der Waals surface area contributed by atoms with Crippen LogP contribution >= 0.6 is 0 Å². The molecule has 21 heavy (non-hydrogen) atoms. The molecule has 5 nitrogen and oxygen atoms in total. The first-order chi connectivity index (χ1) is 10.2. The first kappa shape index (κ1) is 15.5. The SMILES string of the molecule is CCN(CC)C(=O)c1ccc(C(=O)NC2CCNC2)cc1. The quantitative estimate of drug-likeness (QED) is 0.858. The van der Waals surface area contributed by atoms with E-state index in [1.165, 1.54) is 0 Å². The van der Waals surface area contributed by atoms with Crippen LogP contribution in [0, 0.1) is 0 Å². The number of hydrogen-bond acceptors (Lipinski definition) is 3. The van der Waals surface area contributed by atoms with Gasteiger partial charge in [0.2, 0.25) is 0 Å². The van der Waals surface area contributed by atoms with Crippen LogP contribution in [0.25, 0.3) is 0 Å². The Labute approximate surface area is 125 Å². The summed E-state index contributed by atoms with van der Waals surface area (Å²) in [6, 6.07) is 7.09. The van der Waals surface area contributed by atoms with Gasteiger partial charge in [-0.2, -0.15) is 0 Å². The average Bonchev–Trinajstić information content (AvgIpc) is 3.01. The van der Waals surface area contributed by atoms with Gasteiger partial charge < -0.3 is 15.5 Å². The lowest BCUT2D eigenvalue weighted by molar-refractivity contribution is 0.0772. The summed E-state index contributed by atoms with van der Waals surface area (Å²) in [5.41, 5.74) is 1.22. The van der Waals surface area contributed by atoms with Crippen LogP contribution in [0.4, 0.5) is 0 Å². The Balaban J connectivity index is 2.00. The highest BCUT2D eigenvalue weighted by Gasteiger charge is 2.18. The van der Waals surface area contributed by atoms with Crippen LogP contribution in [0.5, 0.6) is 0 Å². The van der Waals surface area contributed by atoms with E-state index < -0.39 is 0 Å². The lowest BCUT2D eigenvalue weighted by atomic mass is 10.1. The third kappa shape index (κ3) is 3.82. The second-order valence-corrected chi connectivity index (χ2v) is 5.22. The van der Waals surface area contributed by atoms with Crippen molar-refractivity contribution in [1.29, 1.82) is 0 Å². The standard InChI is InChI=1S/C16H23N3O2/c1-3-19(4-2)16(21)13-7-5-12(6-8-13)15(20)18-14-9-10-17-11-14/h5-8,14,17H,3-4,9-11H2,1-2H3,(H,18,20). The van der Waals surface area contributed by atoms with Crippen LogP contribution in [0.3, 0.4) is 0 Å². The smallest absolute Gasteiger partial charge is 0.253 e. The summed E-state index contributed by atoms with van der Waals surface area (Å²) in [6.45, 7) is 7.06. The van der Waals surface area contributed by atoms with Crippen molar-refractivity contribution in [3.05, 3.63) is 35.4 Å². The Morgan fingerprint density at radius 3 is 2.33 bits per heavy atom. The van der Waals surface area contributed by atoms with Gasteiger partial charge in [-0.25, -0.2) is 0 Å². The maximum absolute atomic E-state index is 12.2. The van der Waals surface area contributed by atoms with E-state index in [0.717, 1.165) is 19.5 Å². The second kappa shape index (κ2) is 7.22. The van der Waals surface area contributed by atoms with Gasteiger partial charge in [-0.15, -0.1) is 0 Å². The van der Waals surface area contributed by atoms with E-state index in [2.05, 4.69) is 10.6 Å². The molecule has 0 bridgehead atoms. The van der Waals surface area contributed by atoms with Crippen molar-refractivity contribution in [2.45, 2.75) is 26.3 Å². The Kier molecular flexibility index (Phi) is 5.33. The second-order valence-electron chi connectivity index (χ2n) is 5.22. The molecule has 1 aliphatic heterocycles. The van der Waals surface area contributed by atoms with Crippen molar-refractivity contribution in [2.75, 3.05) is 26.2 Å². The van der Waals surface area contributed by atoms with Crippen molar-refractivity contribution in [3.8, 4) is 0 Å². The van der Waals surface area contributed by atoms with Crippen LogP contribution in [-0.4, -0.2) is 48.9 Å². The van der Waals surface area contributed by atoms with E-state index in [0.29, 0.717) is 24.2 Å². The summed E-state index contributed by atoms with van der Waals surface area (Å²) >= 11 is 0. The molecule has 1 aromatic rings. The first-order valence-corrected chi connectivity index (χ1v) is 7.56. The van der Waals surface area contributed by atoms with Gasteiger partial charge in [0.05, 0.1) is 0 Å². The number of nitrogens with one attached hydrogen (secondary N) is 2. The Morgan fingerprint density at radius 1 is 1.19 bits per heavy atom. The summed E-state index contributed by atoms with van der Waals surface area (Å²) in [7, 11) is 0. The minimum absolute atomic E-state index is 0.00644. The van der Waals surface area contributed by atoms with Crippen molar-refractivity contribution in [3.63, 3.8) is 0 Å². The van der Waals surface area contributed by atoms with Crippen LogP contribution in [-0.2, 0) is 0 Å². The molecule has 2 amide bonds. The molecule has 114 valence electrons. The van der Waals surface area contributed by atoms with Crippen LogP contribution < -0.4 is 10.6 Å². The number of amides is 2. The van der Waals surface area contributed by atoms with E-state index in [4.69, 9.17) is 0 Å². The van der Waals surface area contributed by atoms with E-state index in [9.17, 15) is 9.59 Å². The predicted octanol–water partition coefficient (Wildman–Crippen LogP) is 1.26. The zero-order valence-corrected chi connectivity index (χ0v) is 12.7. The van der Waals surface area contributed by atoms with Crippen molar-refractivity contribution < 1.29 is 9.59 Å². The highest BCUT2D eigenvalue weighted by molar-refractivity contribution is 5.97. The van der Waals surface area contributed by atoms with E-state index in [1.54, 1.807) is 29.2 Å². The summed E-state index contributed by atoms with van der Waals surface area (Å²) in [6.07, 6.45) is 0.963. The molecule has 2 rings (SSSR count). The fourth-order valence-corrected chi connectivity index (χ4v) is 2.50. The number of hydrogen-bond donors (Lipinski definition) is 2. The number of nitrogens with zero attached hydrogens (tertiary/aromatic N) is 1. The number of carbonyl (C=O) groups excluding carboxylic acids is 2. The van der Waals surface area contributed by atoms with Gasteiger partial charge in [0.25, 0.3) is 11.8 Å². The molecule has 1 fully saturated rings. The van der Waals surface area contributed by atoms with Gasteiger partial charge in [-0.3, -0.25) is 9.59 Å². The molecule has 1 heterocycles. The Bertz CT molecular complexity index is 489. The maximum Gasteiger partial charge on any atom is 0.253 e. The highest BCUT2D eigenvalue weighted by Crippen LogP contribution is 2.09. The van der Waals surface area contributed by atoms with Crippen molar-refractivity contribution in [2.24, 2.45) is 0 Å². The number of benzene rings is 1. The van der Waals surface area contributed by atoms with E-state index in [1.807, 2.05) is 13.8 Å². The molecule has 0 spiro atoms. The van der Waals surface area contributed by atoms with Crippen LogP contribution in [0.2, 0.25) is 0 Å². The van der Waals surface area contributed by atoms with Gasteiger partial charge in [-0.05, 0) is 51.1 Å². The fourth-order valence-electron chi connectivity index (χ4n) is 2.50. The molecule has 0 aromatic heterocycles. The molecule has 0 aliphatic carbocycles. The molecule has 0 radical (unpaired) electrons. The van der Waals surface area contributed by atoms with Gasteiger partial charge >= 0.3 is 0 Å². The van der Waals surface area contributed by atoms with Gasteiger partial charge in [0, 0.05) is 36.8 Å². The maximum atomic E-state index is 12.2. The lowest BCUT2D eigenvalue weighted by Gasteiger charge is -2.18. The molecule has 5 heteroatoms. The molecule has 1 saturated heterocycles. The molecule has 0 saturated carbocycles. The topological polar surface area (TPSA) is 61.4 Å². The van der Waals surface area contributed by atoms with Gasteiger partial charge in [0.1, 0.15) is 0 Å². The molecule has 2 N–H and O–H groups in total. The zero-order chi connectivity index (χ0) is 15.2. The number of rotatable bonds is 5. The number of carbonyl (C=O) groups is 2. The van der Waals surface area contributed by atoms with Gasteiger partial charge in [0.15, 0.2) is 0 Å². The molecule has 1 aromatic carbocycles. The zero-order valence-electron chi connectivity index (χ0n) is 12.7. The molecular weight excluding hydrogens is 266 g/mol. The Hall–Kier alpha value is -1.88. The minimum Gasteiger partial charge on any atom is -0.348 e. The lowest BCUT2D eigenvalue weighted by Crippen LogP contribution is -2.36. The highest BCUT2D eigenvalue weighted by atomic mass is 16.2. The molecule has 1 atom stereocenters. The summed E-state index contributed by atoms with van der Waals surface area (Å²) < 4.78 is 0. The summed E-state index contributed by atoms with van der Waals surface area (Å²) in [5, 5.41) is 6.21. The first-order valence-electron chi connectivity index (χ1n) is 7.56. The van der Waals surface area contributed by atoms with Crippen LogP contribution in [0.1, 0.15) is 41.0 Å². The average molecular weight is 289 g/mol. The van der Waals surface area contributed by atoms with Crippen LogP contribution in [0.15, 0.2) is 24.3 Å².